The first-order chi connectivity index (χ1) is 16.3. The predicted octanol–water partition coefficient (Wildman–Crippen LogP) is 3.84. The Kier molecular flexibility index (Phi) is 7.56. The van der Waals surface area contributed by atoms with Crippen molar-refractivity contribution >= 4 is 43.0 Å². The third-order valence-electron chi connectivity index (χ3n) is 5.73. The maximum Gasteiger partial charge on any atom is 0.264 e. The van der Waals surface area contributed by atoms with Crippen LogP contribution < -0.4 is 13.9 Å². The van der Waals surface area contributed by atoms with Crippen LogP contribution in [0.4, 0.5) is 17.1 Å². The Bertz CT molecular complexity index is 1450. The van der Waals surface area contributed by atoms with E-state index < -0.39 is 32.5 Å². The van der Waals surface area contributed by atoms with Gasteiger partial charge in [-0.15, -0.1) is 0 Å². The van der Waals surface area contributed by atoms with Crippen LogP contribution in [0.5, 0.6) is 0 Å². The number of nitrogens with zero attached hydrogens (tertiary/aromatic N) is 2. The van der Waals surface area contributed by atoms with Crippen molar-refractivity contribution in [2.75, 3.05) is 33.8 Å². The van der Waals surface area contributed by atoms with Crippen molar-refractivity contribution in [3.8, 4) is 0 Å². The van der Waals surface area contributed by atoms with Gasteiger partial charge in [-0.05, 0) is 68.3 Å². The summed E-state index contributed by atoms with van der Waals surface area (Å²) in [4.78, 5) is 13.1. The van der Waals surface area contributed by atoms with Crippen LogP contribution in [0.1, 0.15) is 16.7 Å². The second-order valence-corrected chi connectivity index (χ2v) is 12.2. The molecule has 0 bridgehead atoms. The molecule has 0 aromatic heterocycles. The van der Waals surface area contributed by atoms with Gasteiger partial charge in [-0.3, -0.25) is 13.4 Å². The van der Waals surface area contributed by atoms with Gasteiger partial charge in [0, 0.05) is 12.7 Å². The van der Waals surface area contributed by atoms with Gasteiger partial charge in [-0.25, -0.2) is 16.8 Å². The van der Waals surface area contributed by atoms with Crippen molar-refractivity contribution in [3.05, 3.63) is 83.4 Å². The van der Waals surface area contributed by atoms with Crippen LogP contribution in [0.2, 0.25) is 0 Å². The van der Waals surface area contributed by atoms with Crippen LogP contribution in [0.3, 0.4) is 0 Å². The lowest BCUT2D eigenvalue weighted by atomic mass is 10.1. The molecular formula is C25H29N3O5S2. The lowest BCUT2D eigenvalue weighted by Gasteiger charge is -2.26. The highest BCUT2D eigenvalue weighted by atomic mass is 32.2. The summed E-state index contributed by atoms with van der Waals surface area (Å²) < 4.78 is 53.1. The van der Waals surface area contributed by atoms with E-state index in [0.29, 0.717) is 17.1 Å². The monoisotopic (exact) mass is 515 g/mol. The molecular weight excluding hydrogens is 486 g/mol. The van der Waals surface area contributed by atoms with Gasteiger partial charge in [0.1, 0.15) is 6.54 Å². The molecule has 0 aliphatic carbocycles. The Morgan fingerprint density at radius 2 is 1.51 bits per heavy atom. The van der Waals surface area contributed by atoms with E-state index in [9.17, 15) is 21.6 Å². The average molecular weight is 516 g/mol. The summed E-state index contributed by atoms with van der Waals surface area (Å²) in [5, 5.41) is 2.69. The summed E-state index contributed by atoms with van der Waals surface area (Å²) in [5.74, 6) is -0.569. The van der Waals surface area contributed by atoms with E-state index in [1.54, 1.807) is 42.5 Å². The zero-order valence-electron chi connectivity index (χ0n) is 20.3. The van der Waals surface area contributed by atoms with Crippen LogP contribution in [0, 0.1) is 20.8 Å². The molecule has 10 heteroatoms. The molecule has 8 nitrogen and oxygen atoms in total. The van der Waals surface area contributed by atoms with Gasteiger partial charge < -0.3 is 5.32 Å². The first-order valence-electron chi connectivity index (χ1n) is 10.8. The van der Waals surface area contributed by atoms with Crippen molar-refractivity contribution in [1.82, 2.24) is 0 Å². The number of amides is 1. The minimum absolute atomic E-state index is 0.0774. The summed E-state index contributed by atoms with van der Waals surface area (Å²) in [6, 6.07) is 18.1. The Morgan fingerprint density at radius 3 is 2.14 bits per heavy atom. The SMILES string of the molecule is Cc1ccc(S(=O)(=O)N(CC(=O)Nc2cccc(N(C)S(C)(=O)=O)c2)c2cccc(C)c2C)cc1. The first-order valence-corrected chi connectivity index (χ1v) is 14.1. The Morgan fingerprint density at radius 1 is 0.886 bits per heavy atom. The molecule has 0 saturated heterocycles. The average Bonchev–Trinajstić information content (AvgIpc) is 2.79. The molecule has 3 rings (SSSR count). The lowest BCUT2D eigenvalue weighted by molar-refractivity contribution is -0.114. The zero-order valence-corrected chi connectivity index (χ0v) is 21.9. The third-order valence-corrected chi connectivity index (χ3v) is 8.71. The second kappa shape index (κ2) is 10.1. The Hall–Kier alpha value is -3.37. The van der Waals surface area contributed by atoms with Gasteiger partial charge in [0.05, 0.1) is 22.5 Å². The molecule has 186 valence electrons. The van der Waals surface area contributed by atoms with Crippen LogP contribution in [0.25, 0.3) is 0 Å². The summed E-state index contributed by atoms with van der Waals surface area (Å²) in [6.07, 6.45) is 1.08. The van der Waals surface area contributed by atoms with Crippen LogP contribution >= 0.6 is 0 Å². The van der Waals surface area contributed by atoms with E-state index in [-0.39, 0.29) is 4.90 Å². The van der Waals surface area contributed by atoms with Gasteiger partial charge in [-0.1, -0.05) is 35.9 Å². The predicted molar refractivity (Wildman–Crippen MR) is 140 cm³/mol. The normalized spacial score (nSPS) is 11.7. The molecule has 1 N–H and O–H groups in total. The number of hydrogen-bond donors (Lipinski definition) is 1. The molecule has 0 radical (unpaired) electrons. The fourth-order valence-corrected chi connectivity index (χ4v) is 5.42. The van der Waals surface area contributed by atoms with E-state index in [2.05, 4.69) is 5.32 Å². The van der Waals surface area contributed by atoms with Gasteiger partial charge >= 0.3 is 0 Å². The van der Waals surface area contributed by atoms with E-state index in [4.69, 9.17) is 0 Å². The van der Waals surface area contributed by atoms with Crippen molar-refractivity contribution in [3.63, 3.8) is 0 Å². The standard InChI is InChI=1S/C25H29N3O5S2/c1-18-12-14-23(15-13-18)35(32,33)28(24-11-6-8-19(2)20(24)3)17-25(29)26-21-9-7-10-22(16-21)27(4)34(5,30)31/h6-16H,17H2,1-5H3,(H,26,29). The van der Waals surface area contributed by atoms with Crippen LogP contribution in [-0.2, 0) is 24.8 Å². The maximum atomic E-state index is 13.6. The van der Waals surface area contributed by atoms with Crippen molar-refractivity contribution in [2.45, 2.75) is 25.7 Å². The van der Waals surface area contributed by atoms with Crippen molar-refractivity contribution in [2.24, 2.45) is 0 Å². The van der Waals surface area contributed by atoms with Gasteiger partial charge in [0.2, 0.25) is 15.9 Å². The molecule has 0 saturated carbocycles. The minimum atomic E-state index is -4.05. The van der Waals surface area contributed by atoms with E-state index in [1.807, 2.05) is 26.8 Å². The number of carbonyl (C=O) groups excluding carboxylic acids is 1. The number of aryl methyl sites for hydroxylation is 2. The van der Waals surface area contributed by atoms with Gasteiger partial charge in [0.15, 0.2) is 0 Å². The number of hydrogen-bond acceptors (Lipinski definition) is 5. The number of rotatable bonds is 8. The summed E-state index contributed by atoms with van der Waals surface area (Å²) in [5.41, 5.74) is 3.67. The highest BCUT2D eigenvalue weighted by molar-refractivity contribution is 7.93. The van der Waals surface area contributed by atoms with Gasteiger partial charge in [-0.2, -0.15) is 0 Å². The molecule has 3 aromatic rings. The highest BCUT2D eigenvalue weighted by Crippen LogP contribution is 2.29. The van der Waals surface area contributed by atoms with Gasteiger partial charge in [0.25, 0.3) is 10.0 Å². The van der Waals surface area contributed by atoms with E-state index >= 15 is 0 Å². The largest absolute Gasteiger partial charge is 0.324 e. The third kappa shape index (κ3) is 6.01. The fraction of sp³-hybridized carbons (Fsp3) is 0.240. The summed E-state index contributed by atoms with van der Waals surface area (Å²) in [7, 11) is -6.13. The number of benzene rings is 3. The Labute approximate surface area is 207 Å². The zero-order chi connectivity index (χ0) is 26.0. The van der Waals surface area contributed by atoms with Crippen molar-refractivity contribution in [1.29, 1.82) is 0 Å². The molecule has 0 aliphatic heterocycles. The molecule has 0 spiro atoms. The minimum Gasteiger partial charge on any atom is -0.324 e. The number of anilines is 3. The molecule has 0 fully saturated rings. The molecule has 0 atom stereocenters. The molecule has 0 unspecified atom stereocenters. The van der Waals surface area contributed by atoms with Crippen LogP contribution in [-0.4, -0.2) is 42.6 Å². The van der Waals surface area contributed by atoms with E-state index in [0.717, 1.165) is 31.6 Å². The lowest BCUT2D eigenvalue weighted by Crippen LogP contribution is -2.38. The topological polar surface area (TPSA) is 104 Å². The van der Waals surface area contributed by atoms with Crippen LogP contribution in [0.15, 0.2) is 71.6 Å². The molecule has 0 heterocycles. The number of carbonyl (C=O) groups is 1. The Balaban J connectivity index is 1.96. The smallest absolute Gasteiger partial charge is 0.264 e. The number of nitrogens with one attached hydrogen (secondary N) is 1. The van der Waals surface area contributed by atoms with E-state index in [1.165, 1.54) is 25.2 Å². The molecule has 0 aliphatic rings. The maximum absolute atomic E-state index is 13.6. The van der Waals surface area contributed by atoms with Crippen molar-refractivity contribution < 1.29 is 21.6 Å². The first kappa shape index (κ1) is 26.2. The number of sulfonamides is 2. The fourth-order valence-electron chi connectivity index (χ4n) is 3.44. The molecule has 35 heavy (non-hydrogen) atoms. The molecule has 1 amide bonds. The molecule has 3 aromatic carbocycles. The quantitative estimate of drug-likeness (QED) is 0.491. The summed E-state index contributed by atoms with van der Waals surface area (Å²) >= 11 is 0. The highest BCUT2D eigenvalue weighted by Gasteiger charge is 2.28. The summed E-state index contributed by atoms with van der Waals surface area (Å²) in [6.45, 7) is 5.08. The second-order valence-electron chi connectivity index (χ2n) is 8.37.